The topological polar surface area (TPSA) is 80.3 Å². The lowest BCUT2D eigenvalue weighted by Crippen LogP contribution is -2.17. The summed E-state index contributed by atoms with van der Waals surface area (Å²) in [7, 11) is 0. The lowest BCUT2D eigenvalue weighted by atomic mass is 10.1. The third-order valence-corrected chi connectivity index (χ3v) is 5.00. The Morgan fingerprint density at radius 2 is 1.79 bits per heavy atom. The number of aromatic nitrogens is 1. The number of benzene rings is 2. The second-order valence-electron chi connectivity index (χ2n) is 6.58. The number of carbonyl (C=O) groups is 2. The van der Waals surface area contributed by atoms with Gasteiger partial charge in [-0.25, -0.2) is 4.98 Å². The highest BCUT2D eigenvalue weighted by Gasteiger charge is 2.11. The van der Waals surface area contributed by atoms with Gasteiger partial charge in [0.15, 0.2) is 5.13 Å². The van der Waals surface area contributed by atoms with Gasteiger partial charge in [0.1, 0.15) is 11.9 Å². The first-order valence-corrected chi connectivity index (χ1v) is 10.2. The van der Waals surface area contributed by atoms with Crippen molar-refractivity contribution in [2.75, 3.05) is 10.6 Å². The van der Waals surface area contributed by atoms with Gasteiger partial charge < -0.3 is 15.4 Å². The van der Waals surface area contributed by atoms with Gasteiger partial charge in [0, 0.05) is 30.1 Å². The normalized spacial score (nSPS) is 11.5. The van der Waals surface area contributed by atoms with Gasteiger partial charge in [-0.15, -0.1) is 11.3 Å². The number of aryl methyl sites for hydroxylation is 1. The Bertz CT molecular complexity index is 959. The molecule has 0 aliphatic carbocycles. The Kier molecular flexibility index (Phi) is 6.97. The Labute approximate surface area is 173 Å². The number of rotatable bonds is 8. The van der Waals surface area contributed by atoms with Crippen LogP contribution in [-0.2, 0) is 9.59 Å². The number of ether oxygens (including phenoxy) is 1. The fourth-order valence-corrected chi connectivity index (χ4v) is 3.30. The van der Waals surface area contributed by atoms with E-state index in [1.807, 2.05) is 62.4 Å². The Balaban J connectivity index is 1.50. The molecule has 0 radical (unpaired) electrons. The van der Waals surface area contributed by atoms with Crippen LogP contribution >= 0.6 is 11.3 Å². The maximum atomic E-state index is 12.2. The van der Waals surface area contributed by atoms with Crippen molar-refractivity contribution < 1.29 is 14.3 Å². The van der Waals surface area contributed by atoms with Crippen LogP contribution < -0.4 is 15.4 Å². The number of nitrogens with one attached hydrogen (secondary N) is 2. The van der Waals surface area contributed by atoms with Crippen molar-refractivity contribution in [3.05, 3.63) is 71.2 Å². The molecule has 0 saturated heterocycles. The molecule has 0 saturated carbocycles. The highest BCUT2D eigenvalue weighted by molar-refractivity contribution is 7.13. The summed E-state index contributed by atoms with van der Waals surface area (Å²) in [6.07, 6.45) is 1.73. The Hall–Kier alpha value is -3.19. The summed E-state index contributed by atoms with van der Waals surface area (Å²) < 4.78 is 6.00. The monoisotopic (exact) mass is 409 g/mol. The molecule has 29 heavy (non-hydrogen) atoms. The van der Waals surface area contributed by atoms with Crippen LogP contribution in [0.4, 0.5) is 10.8 Å². The van der Waals surface area contributed by atoms with Crippen LogP contribution in [0.2, 0.25) is 0 Å². The lowest BCUT2D eigenvalue weighted by molar-refractivity contribution is -0.121. The van der Waals surface area contributed by atoms with E-state index in [-0.39, 0.29) is 30.8 Å². The average Bonchev–Trinajstić information content (AvgIpc) is 3.22. The zero-order chi connectivity index (χ0) is 20.6. The number of carbonyl (C=O) groups excluding carboxylic acids is 2. The molecule has 3 rings (SSSR count). The van der Waals surface area contributed by atoms with Crippen LogP contribution in [0.5, 0.6) is 5.75 Å². The van der Waals surface area contributed by atoms with E-state index >= 15 is 0 Å². The predicted molar refractivity (Wildman–Crippen MR) is 115 cm³/mol. The molecule has 1 aromatic heterocycles. The van der Waals surface area contributed by atoms with Crippen molar-refractivity contribution in [2.24, 2.45) is 0 Å². The lowest BCUT2D eigenvalue weighted by Gasteiger charge is -2.16. The van der Waals surface area contributed by atoms with Gasteiger partial charge in [0.2, 0.25) is 11.8 Å². The number of hydrogen-bond donors (Lipinski definition) is 2. The fourth-order valence-electron chi connectivity index (χ4n) is 2.75. The molecule has 0 aliphatic rings. The number of hydrogen-bond acceptors (Lipinski definition) is 5. The van der Waals surface area contributed by atoms with Gasteiger partial charge in [-0.05, 0) is 43.2 Å². The van der Waals surface area contributed by atoms with Gasteiger partial charge in [0.05, 0.1) is 0 Å². The van der Waals surface area contributed by atoms with E-state index in [0.717, 1.165) is 16.9 Å². The molecule has 150 valence electrons. The quantitative estimate of drug-likeness (QED) is 0.552. The summed E-state index contributed by atoms with van der Waals surface area (Å²) in [4.78, 5) is 28.0. The molecular formula is C22H23N3O3S. The van der Waals surface area contributed by atoms with Crippen molar-refractivity contribution in [1.29, 1.82) is 0 Å². The summed E-state index contributed by atoms with van der Waals surface area (Å²) in [6.45, 7) is 3.90. The highest BCUT2D eigenvalue weighted by atomic mass is 32.1. The molecule has 1 atom stereocenters. The van der Waals surface area contributed by atoms with Gasteiger partial charge in [-0.1, -0.05) is 30.3 Å². The number of anilines is 2. The summed E-state index contributed by atoms with van der Waals surface area (Å²) in [5, 5.41) is 7.82. The minimum absolute atomic E-state index is 0.0765. The van der Waals surface area contributed by atoms with E-state index in [4.69, 9.17) is 4.74 Å². The van der Waals surface area contributed by atoms with E-state index in [2.05, 4.69) is 15.6 Å². The van der Waals surface area contributed by atoms with Gasteiger partial charge in [-0.2, -0.15) is 0 Å². The molecule has 0 spiro atoms. The van der Waals surface area contributed by atoms with Crippen LogP contribution in [0.25, 0.3) is 0 Å². The van der Waals surface area contributed by atoms with E-state index in [1.54, 1.807) is 11.6 Å². The molecule has 2 N–H and O–H groups in total. The van der Waals surface area contributed by atoms with Crippen molar-refractivity contribution in [1.82, 2.24) is 4.98 Å². The first-order chi connectivity index (χ1) is 14.0. The van der Waals surface area contributed by atoms with Crippen molar-refractivity contribution in [3.63, 3.8) is 0 Å². The van der Waals surface area contributed by atoms with E-state index in [1.165, 1.54) is 11.3 Å². The summed E-state index contributed by atoms with van der Waals surface area (Å²) in [6, 6.07) is 15.5. The second-order valence-corrected chi connectivity index (χ2v) is 7.48. The number of amides is 2. The van der Waals surface area contributed by atoms with Crippen LogP contribution in [0.3, 0.4) is 0 Å². The largest absolute Gasteiger partial charge is 0.486 e. The van der Waals surface area contributed by atoms with Crippen LogP contribution in [0, 0.1) is 6.92 Å². The van der Waals surface area contributed by atoms with E-state index in [9.17, 15) is 9.59 Å². The Morgan fingerprint density at radius 1 is 1.07 bits per heavy atom. The third kappa shape index (κ3) is 6.15. The fraction of sp³-hybridized carbons (Fsp3) is 0.227. The predicted octanol–water partition coefficient (Wildman–Crippen LogP) is 4.95. The Morgan fingerprint density at radius 3 is 2.45 bits per heavy atom. The smallest absolute Gasteiger partial charge is 0.226 e. The van der Waals surface area contributed by atoms with Crippen LogP contribution in [0.1, 0.15) is 37.0 Å². The minimum Gasteiger partial charge on any atom is -0.486 e. The molecule has 3 aromatic rings. The van der Waals surface area contributed by atoms with Gasteiger partial charge >= 0.3 is 0 Å². The molecule has 1 unspecified atom stereocenters. The first kappa shape index (κ1) is 20.5. The maximum absolute atomic E-state index is 12.2. The first-order valence-electron chi connectivity index (χ1n) is 9.32. The molecular weight excluding hydrogens is 386 g/mol. The molecule has 0 bridgehead atoms. The SMILES string of the molecule is Cc1cc(OC(C)c2ccccc2)ccc1NC(=O)CCC(=O)Nc1nccs1. The van der Waals surface area contributed by atoms with Crippen molar-refractivity contribution in [3.8, 4) is 5.75 Å². The summed E-state index contributed by atoms with van der Waals surface area (Å²) >= 11 is 1.34. The summed E-state index contributed by atoms with van der Waals surface area (Å²) in [5.41, 5.74) is 2.69. The molecule has 6 nitrogen and oxygen atoms in total. The van der Waals surface area contributed by atoms with Gasteiger partial charge in [-0.3, -0.25) is 9.59 Å². The highest BCUT2D eigenvalue weighted by Crippen LogP contribution is 2.26. The number of nitrogens with zero attached hydrogens (tertiary/aromatic N) is 1. The van der Waals surface area contributed by atoms with Crippen LogP contribution in [-0.4, -0.2) is 16.8 Å². The van der Waals surface area contributed by atoms with Crippen LogP contribution in [0.15, 0.2) is 60.1 Å². The molecule has 2 amide bonds. The van der Waals surface area contributed by atoms with Crippen molar-refractivity contribution in [2.45, 2.75) is 32.8 Å². The molecule has 0 fully saturated rings. The molecule has 7 heteroatoms. The molecule has 2 aromatic carbocycles. The standard InChI is InChI=1S/C22H23N3O3S/c1-15-14-18(28-16(2)17-6-4-3-5-7-17)8-9-19(15)24-20(26)10-11-21(27)25-22-23-12-13-29-22/h3-9,12-14,16H,10-11H2,1-2H3,(H,24,26)(H,23,25,27). The van der Waals surface area contributed by atoms with Gasteiger partial charge in [0.25, 0.3) is 0 Å². The van der Waals surface area contributed by atoms with Crippen molar-refractivity contribution >= 4 is 34.0 Å². The zero-order valence-electron chi connectivity index (χ0n) is 16.3. The zero-order valence-corrected chi connectivity index (χ0v) is 17.2. The van der Waals surface area contributed by atoms with E-state index < -0.39 is 0 Å². The third-order valence-electron chi connectivity index (χ3n) is 4.31. The second kappa shape index (κ2) is 9.84. The number of thiazole rings is 1. The molecule has 1 heterocycles. The maximum Gasteiger partial charge on any atom is 0.226 e. The molecule has 0 aliphatic heterocycles. The van der Waals surface area contributed by atoms with E-state index in [0.29, 0.717) is 10.8 Å². The average molecular weight is 410 g/mol. The summed E-state index contributed by atoms with van der Waals surface area (Å²) in [5.74, 6) is 0.291. The minimum atomic E-state index is -0.231.